The molecule has 2 heterocycles. The van der Waals surface area contributed by atoms with Crippen LogP contribution in [-0.2, 0) is 4.74 Å². The molecule has 1 spiro atoms. The molecule has 116 valence electrons. The summed E-state index contributed by atoms with van der Waals surface area (Å²) in [6, 6.07) is 2.43. The first-order valence-electron chi connectivity index (χ1n) is 7.13. The Hall–Kier alpha value is -0.170. The summed E-state index contributed by atoms with van der Waals surface area (Å²) in [5.41, 5.74) is 6.94. The molecule has 2 fully saturated rings. The maximum absolute atomic E-state index is 13.7. The van der Waals surface area contributed by atoms with Gasteiger partial charge in [-0.1, -0.05) is 6.07 Å². The number of hydrogen-bond acceptors (Lipinski definition) is 3. The highest BCUT2D eigenvalue weighted by Gasteiger charge is 2.42. The summed E-state index contributed by atoms with van der Waals surface area (Å²) in [6.07, 6.45) is 2.81. The molecule has 3 atom stereocenters. The van der Waals surface area contributed by atoms with Crippen LogP contribution < -0.4 is 5.73 Å². The Morgan fingerprint density at radius 3 is 2.95 bits per heavy atom. The highest BCUT2D eigenvalue weighted by molar-refractivity contribution is 9.10. The van der Waals surface area contributed by atoms with E-state index in [-0.39, 0.29) is 22.0 Å². The fourth-order valence-electron chi connectivity index (χ4n) is 3.29. The zero-order valence-corrected chi connectivity index (χ0v) is 14.0. The molecule has 2 saturated heterocycles. The van der Waals surface area contributed by atoms with E-state index in [9.17, 15) is 8.78 Å². The second-order valence-corrected chi connectivity index (χ2v) is 7.78. The summed E-state index contributed by atoms with van der Waals surface area (Å²) in [7, 11) is 0. The molecule has 0 radical (unpaired) electrons. The number of thioether (sulfide) groups is 1. The minimum atomic E-state index is -0.860. The third-order valence-electron chi connectivity index (χ3n) is 4.53. The molecule has 0 aliphatic carbocycles. The van der Waals surface area contributed by atoms with E-state index in [2.05, 4.69) is 15.9 Å². The third-order valence-corrected chi connectivity index (χ3v) is 6.56. The van der Waals surface area contributed by atoms with E-state index in [4.69, 9.17) is 10.5 Å². The average Bonchev–Trinajstić information content (AvgIpc) is 2.92. The zero-order valence-electron chi connectivity index (χ0n) is 11.6. The van der Waals surface area contributed by atoms with Gasteiger partial charge in [0.2, 0.25) is 0 Å². The van der Waals surface area contributed by atoms with Gasteiger partial charge < -0.3 is 10.5 Å². The Labute approximate surface area is 135 Å². The van der Waals surface area contributed by atoms with Gasteiger partial charge in [-0.25, -0.2) is 8.78 Å². The van der Waals surface area contributed by atoms with Crippen molar-refractivity contribution in [1.29, 1.82) is 0 Å². The molecule has 0 amide bonds. The van der Waals surface area contributed by atoms with Crippen molar-refractivity contribution in [3.05, 3.63) is 33.8 Å². The molecular weight excluding hydrogens is 360 g/mol. The summed E-state index contributed by atoms with van der Waals surface area (Å²) >= 11 is 5.05. The van der Waals surface area contributed by atoms with Crippen molar-refractivity contribution in [3.63, 3.8) is 0 Å². The molecule has 21 heavy (non-hydrogen) atoms. The molecule has 2 N–H and O–H groups in total. The van der Waals surface area contributed by atoms with E-state index < -0.39 is 11.6 Å². The highest BCUT2D eigenvalue weighted by atomic mass is 79.9. The van der Waals surface area contributed by atoms with E-state index in [1.165, 1.54) is 0 Å². The fraction of sp³-hybridized carbons (Fsp3) is 0.600. The van der Waals surface area contributed by atoms with Crippen LogP contribution >= 0.6 is 27.7 Å². The Morgan fingerprint density at radius 1 is 1.43 bits per heavy atom. The second-order valence-electron chi connectivity index (χ2n) is 5.88. The van der Waals surface area contributed by atoms with E-state index in [1.54, 1.807) is 6.07 Å². The topological polar surface area (TPSA) is 35.2 Å². The quantitative estimate of drug-likeness (QED) is 0.790. The van der Waals surface area contributed by atoms with Crippen molar-refractivity contribution < 1.29 is 13.5 Å². The molecule has 0 saturated carbocycles. The maximum Gasteiger partial charge on any atom is 0.173 e. The van der Waals surface area contributed by atoms with Crippen molar-refractivity contribution in [2.24, 2.45) is 11.7 Å². The molecule has 3 rings (SSSR count). The molecule has 2 aliphatic heterocycles. The van der Waals surface area contributed by atoms with E-state index >= 15 is 0 Å². The van der Waals surface area contributed by atoms with Crippen molar-refractivity contribution in [3.8, 4) is 0 Å². The summed E-state index contributed by atoms with van der Waals surface area (Å²) in [5.74, 6) is 0.652. The Morgan fingerprint density at radius 2 is 2.24 bits per heavy atom. The summed E-state index contributed by atoms with van der Waals surface area (Å²) < 4.78 is 33.1. The standard InChI is InChI=1S/C15H18BrF2NOS/c16-12-10(1-2-11(17)13(12)18)14(19)9-3-5-20-15(7-9)4-6-21-8-15/h1-2,9,14H,3-8,19H2. The van der Waals surface area contributed by atoms with Crippen LogP contribution in [-0.4, -0.2) is 23.7 Å². The second kappa shape index (κ2) is 6.14. The van der Waals surface area contributed by atoms with Gasteiger partial charge in [-0.15, -0.1) is 0 Å². The van der Waals surface area contributed by atoms with Crippen LogP contribution in [0.5, 0.6) is 0 Å². The lowest BCUT2D eigenvalue weighted by molar-refractivity contribution is -0.0834. The average molecular weight is 378 g/mol. The summed E-state index contributed by atoms with van der Waals surface area (Å²) in [4.78, 5) is 0. The third kappa shape index (κ3) is 3.00. The van der Waals surface area contributed by atoms with Gasteiger partial charge in [0.25, 0.3) is 0 Å². The first kappa shape index (κ1) is 15.7. The number of rotatable bonds is 2. The lowest BCUT2D eigenvalue weighted by Crippen LogP contribution is -2.42. The van der Waals surface area contributed by atoms with Crippen LogP contribution in [0.3, 0.4) is 0 Å². The molecule has 1 aromatic rings. The lowest BCUT2D eigenvalue weighted by atomic mass is 9.79. The van der Waals surface area contributed by atoms with Crippen LogP contribution in [0.15, 0.2) is 16.6 Å². The van der Waals surface area contributed by atoms with Gasteiger partial charge in [0.1, 0.15) is 0 Å². The van der Waals surface area contributed by atoms with Crippen molar-refractivity contribution in [2.45, 2.75) is 30.9 Å². The maximum atomic E-state index is 13.7. The number of benzene rings is 1. The minimum absolute atomic E-state index is 0.0593. The normalized spacial score (nSPS) is 30.8. The van der Waals surface area contributed by atoms with Gasteiger partial charge >= 0.3 is 0 Å². The predicted octanol–water partition coefficient (Wildman–Crippen LogP) is 4.03. The van der Waals surface area contributed by atoms with Gasteiger partial charge in [-0.3, -0.25) is 0 Å². The summed E-state index contributed by atoms with van der Waals surface area (Å²) in [5, 5.41) is 0. The van der Waals surface area contributed by atoms with E-state index in [0.29, 0.717) is 12.2 Å². The Balaban J connectivity index is 1.81. The van der Waals surface area contributed by atoms with Crippen LogP contribution in [0.1, 0.15) is 30.9 Å². The van der Waals surface area contributed by atoms with Crippen LogP contribution in [0.2, 0.25) is 0 Å². The molecular formula is C15H18BrF2NOS. The zero-order chi connectivity index (χ0) is 15.0. The van der Waals surface area contributed by atoms with Crippen LogP contribution in [0, 0.1) is 17.6 Å². The van der Waals surface area contributed by atoms with Gasteiger partial charge in [0.05, 0.1) is 10.1 Å². The van der Waals surface area contributed by atoms with E-state index in [1.807, 2.05) is 11.8 Å². The first-order chi connectivity index (χ1) is 10.0. The summed E-state index contributed by atoms with van der Waals surface area (Å²) in [6.45, 7) is 0.695. The number of nitrogens with two attached hydrogens (primary N) is 1. The molecule has 3 unspecified atom stereocenters. The molecule has 0 bridgehead atoms. The molecule has 2 nitrogen and oxygen atoms in total. The number of hydrogen-bond donors (Lipinski definition) is 1. The van der Waals surface area contributed by atoms with Crippen LogP contribution in [0.4, 0.5) is 8.78 Å². The van der Waals surface area contributed by atoms with Crippen molar-refractivity contribution >= 4 is 27.7 Å². The Kier molecular flexibility index (Phi) is 4.60. The number of ether oxygens (including phenoxy) is 1. The lowest BCUT2D eigenvalue weighted by Gasteiger charge is -2.40. The van der Waals surface area contributed by atoms with Crippen LogP contribution in [0.25, 0.3) is 0 Å². The SMILES string of the molecule is NC(c1ccc(F)c(F)c1Br)C1CCOC2(CCSC2)C1. The van der Waals surface area contributed by atoms with Gasteiger partial charge in [0.15, 0.2) is 11.6 Å². The number of halogens is 3. The largest absolute Gasteiger partial charge is 0.374 e. The smallest absolute Gasteiger partial charge is 0.173 e. The van der Waals surface area contributed by atoms with Gasteiger partial charge in [-0.2, -0.15) is 11.8 Å². The van der Waals surface area contributed by atoms with Crippen molar-refractivity contribution in [1.82, 2.24) is 0 Å². The van der Waals surface area contributed by atoms with Crippen molar-refractivity contribution in [2.75, 3.05) is 18.1 Å². The predicted molar refractivity (Wildman–Crippen MR) is 84.3 cm³/mol. The fourth-order valence-corrected chi connectivity index (χ4v) is 5.25. The molecule has 2 aliphatic rings. The highest BCUT2D eigenvalue weighted by Crippen LogP contribution is 2.44. The molecule has 0 aromatic heterocycles. The monoisotopic (exact) mass is 377 g/mol. The van der Waals surface area contributed by atoms with Gasteiger partial charge in [0, 0.05) is 18.4 Å². The minimum Gasteiger partial charge on any atom is -0.374 e. The Bertz CT molecular complexity index is 537. The molecule has 1 aromatic carbocycles. The van der Waals surface area contributed by atoms with Gasteiger partial charge in [-0.05, 0) is 58.5 Å². The molecule has 6 heteroatoms. The van der Waals surface area contributed by atoms with E-state index in [0.717, 1.165) is 36.8 Å². The first-order valence-corrected chi connectivity index (χ1v) is 9.08.